The average Bonchev–Trinajstić information content (AvgIpc) is 2.30. The monoisotopic (exact) mass is 234 g/mol. The summed E-state index contributed by atoms with van der Waals surface area (Å²) in [4.78, 5) is 23.8. The molecule has 0 aliphatic heterocycles. The number of ketones is 2. The van der Waals surface area contributed by atoms with Crippen LogP contribution in [0.2, 0.25) is 0 Å². The van der Waals surface area contributed by atoms with E-state index in [-0.39, 0.29) is 34.0 Å². The predicted octanol–water partition coefficient (Wildman–Crippen LogP) is -0.134. The van der Waals surface area contributed by atoms with Gasteiger partial charge in [0.05, 0.1) is 11.1 Å². The number of hydrogen-bond donors (Lipinski definition) is 4. The number of phenols is 2. The molecule has 1 aromatic rings. The normalized spacial score (nSPS) is 14.9. The molecule has 88 valence electrons. The molecule has 0 atom stereocenters. The first-order chi connectivity index (χ1) is 7.99. The van der Waals surface area contributed by atoms with Crippen LogP contribution in [0.4, 0.5) is 0 Å². The van der Waals surface area contributed by atoms with Crippen LogP contribution in [0.25, 0.3) is 0 Å². The van der Waals surface area contributed by atoms with Crippen LogP contribution in [0, 0.1) is 0 Å². The lowest BCUT2D eigenvalue weighted by Crippen LogP contribution is -2.32. The van der Waals surface area contributed by atoms with Gasteiger partial charge in [0.2, 0.25) is 11.6 Å². The summed E-state index contributed by atoms with van der Waals surface area (Å²) in [6, 6.07) is 2.28. The molecule has 1 aromatic carbocycles. The van der Waals surface area contributed by atoms with Crippen molar-refractivity contribution in [3.8, 4) is 11.5 Å². The zero-order chi connectivity index (χ0) is 12.7. The van der Waals surface area contributed by atoms with Crippen molar-refractivity contribution in [3.05, 3.63) is 34.7 Å². The lowest BCUT2D eigenvalue weighted by Gasteiger charge is -2.19. The van der Waals surface area contributed by atoms with Crippen molar-refractivity contribution >= 4 is 11.6 Å². The van der Waals surface area contributed by atoms with Gasteiger partial charge in [-0.25, -0.2) is 0 Å². The number of benzene rings is 1. The number of rotatable bonds is 1. The number of Topliss-reactive ketones (excluding diaryl/α,β-unsaturated/α-hetero) is 2. The molecule has 0 radical (unpaired) electrons. The van der Waals surface area contributed by atoms with Crippen LogP contribution in [0.1, 0.15) is 20.7 Å². The fourth-order valence-electron chi connectivity index (χ4n) is 1.78. The smallest absolute Gasteiger partial charge is 0.215 e. The molecule has 2 rings (SSSR count). The number of aromatic hydroxyl groups is 2. The third-order valence-electron chi connectivity index (χ3n) is 2.61. The number of nitrogens with two attached hydrogens (primary N) is 1. The summed E-state index contributed by atoms with van der Waals surface area (Å²) >= 11 is 0. The van der Waals surface area contributed by atoms with E-state index in [9.17, 15) is 19.8 Å². The maximum atomic E-state index is 12.0. The highest BCUT2D eigenvalue weighted by atomic mass is 16.3. The van der Waals surface area contributed by atoms with Gasteiger partial charge in [-0.15, -0.1) is 0 Å². The van der Waals surface area contributed by atoms with Crippen molar-refractivity contribution in [3.63, 3.8) is 0 Å². The summed E-state index contributed by atoms with van der Waals surface area (Å²) in [6.07, 6.45) is 0. The topological polar surface area (TPSA) is 113 Å². The second-order valence-electron chi connectivity index (χ2n) is 3.55. The van der Waals surface area contributed by atoms with Crippen LogP contribution in [-0.2, 0) is 0 Å². The van der Waals surface area contributed by atoms with Crippen LogP contribution in [0.5, 0.6) is 11.5 Å². The van der Waals surface area contributed by atoms with E-state index < -0.39 is 11.6 Å². The summed E-state index contributed by atoms with van der Waals surface area (Å²) in [5.74, 6) is -2.05. The number of phenolic OH excluding ortho intramolecular Hbond substituents is 2. The number of nitrogens with one attached hydrogen (secondary N) is 1. The lowest BCUT2D eigenvalue weighted by atomic mass is 9.89. The Bertz CT molecular complexity index is 575. The maximum Gasteiger partial charge on any atom is 0.215 e. The van der Waals surface area contributed by atoms with Gasteiger partial charge >= 0.3 is 0 Å². The summed E-state index contributed by atoms with van der Waals surface area (Å²) in [5.41, 5.74) is 4.67. The molecule has 0 saturated carbocycles. The molecule has 0 saturated heterocycles. The lowest BCUT2D eigenvalue weighted by molar-refractivity contribution is 0.0963. The van der Waals surface area contributed by atoms with E-state index in [2.05, 4.69) is 5.32 Å². The summed E-state index contributed by atoms with van der Waals surface area (Å²) in [6.45, 7) is 0. The Labute approximate surface area is 96.4 Å². The number of carbonyl (C=O) groups is 2. The van der Waals surface area contributed by atoms with E-state index in [0.29, 0.717) is 0 Å². The van der Waals surface area contributed by atoms with Crippen LogP contribution in [0.3, 0.4) is 0 Å². The molecular weight excluding hydrogens is 224 g/mol. The molecule has 0 unspecified atom stereocenters. The van der Waals surface area contributed by atoms with Crippen molar-refractivity contribution in [2.45, 2.75) is 0 Å². The van der Waals surface area contributed by atoms with E-state index in [1.54, 1.807) is 0 Å². The van der Waals surface area contributed by atoms with Gasteiger partial charge in [-0.2, -0.15) is 0 Å². The fraction of sp³-hybridized carbons (Fsp3) is 0.0909. The molecule has 0 spiro atoms. The number of carbonyl (C=O) groups excluding carboxylic acids is 2. The Morgan fingerprint density at radius 3 is 2.00 bits per heavy atom. The first kappa shape index (κ1) is 11.0. The SMILES string of the molecule is CNC1=C(N)C(=O)c2c(O)ccc(O)c2C1=O. The Morgan fingerprint density at radius 2 is 1.53 bits per heavy atom. The van der Waals surface area contributed by atoms with Gasteiger partial charge in [0.1, 0.15) is 22.9 Å². The van der Waals surface area contributed by atoms with Gasteiger partial charge < -0.3 is 21.3 Å². The van der Waals surface area contributed by atoms with E-state index >= 15 is 0 Å². The molecule has 0 heterocycles. The molecule has 6 heteroatoms. The Kier molecular flexibility index (Phi) is 2.27. The zero-order valence-electron chi connectivity index (χ0n) is 8.94. The van der Waals surface area contributed by atoms with Crippen LogP contribution in [-0.4, -0.2) is 28.8 Å². The van der Waals surface area contributed by atoms with Crippen molar-refractivity contribution in [1.29, 1.82) is 0 Å². The first-order valence-electron chi connectivity index (χ1n) is 4.80. The first-order valence-corrected chi connectivity index (χ1v) is 4.80. The highest BCUT2D eigenvalue weighted by Gasteiger charge is 2.34. The Morgan fingerprint density at radius 1 is 1.06 bits per heavy atom. The fourth-order valence-corrected chi connectivity index (χ4v) is 1.78. The molecule has 0 aromatic heterocycles. The molecule has 0 fully saturated rings. The standard InChI is InChI=1S/C11H10N2O4/c1-13-9-8(12)10(16)6-4(14)2-3-5(15)7(6)11(9)17/h2-3,13-15H,12H2,1H3. The van der Waals surface area contributed by atoms with E-state index in [4.69, 9.17) is 5.73 Å². The van der Waals surface area contributed by atoms with Crippen molar-refractivity contribution in [2.75, 3.05) is 7.05 Å². The van der Waals surface area contributed by atoms with Gasteiger partial charge in [0.25, 0.3) is 0 Å². The Balaban J connectivity index is 2.81. The quantitative estimate of drug-likeness (QED) is 0.503. The minimum absolute atomic E-state index is 0.0802. The van der Waals surface area contributed by atoms with Crippen LogP contribution >= 0.6 is 0 Å². The van der Waals surface area contributed by atoms with Gasteiger partial charge in [-0.05, 0) is 12.1 Å². The van der Waals surface area contributed by atoms with E-state index in [0.717, 1.165) is 12.1 Å². The minimum atomic E-state index is -0.683. The summed E-state index contributed by atoms with van der Waals surface area (Å²) in [7, 11) is 1.44. The highest BCUT2D eigenvalue weighted by molar-refractivity contribution is 6.28. The molecule has 0 bridgehead atoms. The number of fused-ring (bicyclic) bond motifs is 1. The van der Waals surface area contributed by atoms with Crippen LogP contribution in [0.15, 0.2) is 23.5 Å². The molecule has 17 heavy (non-hydrogen) atoms. The van der Waals surface area contributed by atoms with Gasteiger partial charge in [0, 0.05) is 7.05 Å². The predicted molar refractivity (Wildman–Crippen MR) is 58.7 cm³/mol. The summed E-state index contributed by atoms with van der Waals surface area (Å²) < 4.78 is 0. The minimum Gasteiger partial charge on any atom is -0.507 e. The van der Waals surface area contributed by atoms with Crippen molar-refractivity contribution < 1.29 is 19.8 Å². The molecular formula is C11H10N2O4. The average molecular weight is 234 g/mol. The second kappa shape index (κ2) is 3.51. The molecule has 1 aliphatic carbocycles. The van der Waals surface area contributed by atoms with E-state index in [1.165, 1.54) is 7.05 Å². The van der Waals surface area contributed by atoms with Gasteiger partial charge in [-0.1, -0.05) is 0 Å². The van der Waals surface area contributed by atoms with Crippen molar-refractivity contribution in [1.82, 2.24) is 5.32 Å². The summed E-state index contributed by atoms with van der Waals surface area (Å²) in [5, 5.41) is 21.7. The number of allylic oxidation sites excluding steroid dienone is 2. The maximum absolute atomic E-state index is 12.0. The van der Waals surface area contributed by atoms with Gasteiger partial charge in [-0.3, -0.25) is 9.59 Å². The molecule has 0 amide bonds. The van der Waals surface area contributed by atoms with Gasteiger partial charge in [0.15, 0.2) is 0 Å². The highest BCUT2D eigenvalue weighted by Crippen LogP contribution is 2.35. The number of hydrogen-bond acceptors (Lipinski definition) is 6. The van der Waals surface area contributed by atoms with Crippen molar-refractivity contribution in [2.24, 2.45) is 5.73 Å². The third kappa shape index (κ3) is 1.34. The Hall–Kier alpha value is -2.50. The molecule has 6 nitrogen and oxygen atoms in total. The second-order valence-corrected chi connectivity index (χ2v) is 3.55. The molecule has 5 N–H and O–H groups in total. The number of likely N-dealkylation sites (N-methyl/N-ethyl adjacent to an activating group) is 1. The molecule has 1 aliphatic rings. The largest absolute Gasteiger partial charge is 0.507 e. The van der Waals surface area contributed by atoms with Crippen LogP contribution < -0.4 is 11.1 Å². The zero-order valence-corrected chi connectivity index (χ0v) is 8.94. The van der Waals surface area contributed by atoms with E-state index in [1.807, 2.05) is 0 Å². The third-order valence-corrected chi connectivity index (χ3v) is 2.61.